The normalized spacial score (nSPS) is 15.4. The lowest BCUT2D eigenvalue weighted by Crippen LogP contribution is -2.35. The second kappa shape index (κ2) is 5.03. The van der Waals surface area contributed by atoms with Crippen molar-refractivity contribution in [2.75, 3.05) is 13.1 Å². The van der Waals surface area contributed by atoms with E-state index in [2.05, 4.69) is 0 Å². The van der Waals surface area contributed by atoms with Gasteiger partial charge in [-0.3, -0.25) is 14.9 Å². The van der Waals surface area contributed by atoms with Gasteiger partial charge >= 0.3 is 0 Å². The summed E-state index contributed by atoms with van der Waals surface area (Å²) >= 11 is 0. The largest absolute Gasteiger partial charge is 0.507 e. The molecule has 2 rings (SSSR count). The molecule has 96 valence electrons. The molecule has 0 bridgehead atoms. The topological polar surface area (TPSA) is 83.7 Å². The zero-order chi connectivity index (χ0) is 13.1. The molecule has 1 heterocycles. The quantitative estimate of drug-likeness (QED) is 0.642. The Morgan fingerprint density at radius 3 is 2.56 bits per heavy atom. The summed E-state index contributed by atoms with van der Waals surface area (Å²) < 4.78 is 0. The molecular formula is C12H14N2O4. The molecule has 1 amide bonds. The van der Waals surface area contributed by atoms with E-state index in [9.17, 15) is 20.0 Å². The molecule has 0 aromatic heterocycles. The number of aromatic hydroxyl groups is 1. The molecule has 0 unspecified atom stereocenters. The van der Waals surface area contributed by atoms with Crippen molar-refractivity contribution in [2.45, 2.75) is 19.3 Å². The molecule has 1 aliphatic heterocycles. The first-order valence-electron chi connectivity index (χ1n) is 5.86. The standard InChI is InChI=1S/C12H14N2O4/c15-11-5-4-9(14(17)18)8-10(11)12(16)13-6-2-1-3-7-13/h4-5,8,15H,1-3,6-7H2. The van der Waals surface area contributed by atoms with Crippen LogP contribution in [0.2, 0.25) is 0 Å². The van der Waals surface area contributed by atoms with Crippen LogP contribution < -0.4 is 0 Å². The van der Waals surface area contributed by atoms with Gasteiger partial charge < -0.3 is 10.0 Å². The molecule has 6 nitrogen and oxygen atoms in total. The van der Waals surface area contributed by atoms with Crippen LogP contribution in [0.5, 0.6) is 5.75 Å². The first-order valence-corrected chi connectivity index (χ1v) is 5.86. The molecule has 1 aromatic carbocycles. The summed E-state index contributed by atoms with van der Waals surface area (Å²) in [6, 6.07) is 3.50. The zero-order valence-electron chi connectivity index (χ0n) is 9.83. The number of amides is 1. The number of benzene rings is 1. The number of nitrogens with zero attached hydrogens (tertiary/aromatic N) is 2. The van der Waals surface area contributed by atoms with Crippen LogP contribution in [0.4, 0.5) is 5.69 Å². The Balaban J connectivity index is 2.28. The molecule has 0 saturated carbocycles. The molecule has 0 radical (unpaired) electrons. The fourth-order valence-electron chi connectivity index (χ4n) is 2.08. The van der Waals surface area contributed by atoms with Crippen molar-refractivity contribution >= 4 is 11.6 Å². The van der Waals surface area contributed by atoms with Gasteiger partial charge in [-0.05, 0) is 25.3 Å². The summed E-state index contributed by atoms with van der Waals surface area (Å²) in [5, 5.41) is 20.3. The average molecular weight is 250 g/mol. The number of phenolic OH excluding ortho intramolecular Hbond substituents is 1. The number of carbonyl (C=O) groups is 1. The fourth-order valence-corrected chi connectivity index (χ4v) is 2.08. The monoisotopic (exact) mass is 250 g/mol. The van der Waals surface area contributed by atoms with Gasteiger partial charge in [-0.1, -0.05) is 0 Å². The van der Waals surface area contributed by atoms with Gasteiger partial charge in [0.05, 0.1) is 10.5 Å². The highest BCUT2D eigenvalue weighted by Gasteiger charge is 2.22. The molecule has 1 aliphatic rings. The van der Waals surface area contributed by atoms with Crippen LogP contribution in [-0.2, 0) is 0 Å². The number of carbonyl (C=O) groups excluding carboxylic acids is 1. The molecule has 1 N–H and O–H groups in total. The summed E-state index contributed by atoms with van der Waals surface area (Å²) in [5.74, 6) is -0.549. The van der Waals surface area contributed by atoms with Crippen LogP contribution in [0.25, 0.3) is 0 Å². The Hall–Kier alpha value is -2.11. The summed E-state index contributed by atoms with van der Waals surface area (Å²) in [4.78, 5) is 23.9. The Morgan fingerprint density at radius 1 is 1.28 bits per heavy atom. The lowest BCUT2D eigenvalue weighted by Gasteiger charge is -2.26. The Kier molecular flexibility index (Phi) is 3.45. The number of non-ortho nitro benzene ring substituents is 1. The number of piperidine rings is 1. The molecule has 1 saturated heterocycles. The number of nitro groups is 1. The van der Waals surface area contributed by atoms with E-state index in [1.807, 2.05) is 0 Å². The van der Waals surface area contributed by atoms with Gasteiger partial charge in [0.1, 0.15) is 5.75 Å². The molecule has 18 heavy (non-hydrogen) atoms. The summed E-state index contributed by atoms with van der Waals surface area (Å²) in [7, 11) is 0. The van der Waals surface area contributed by atoms with E-state index in [4.69, 9.17) is 0 Å². The predicted molar refractivity (Wildman–Crippen MR) is 64.5 cm³/mol. The Labute approximate surface area is 104 Å². The lowest BCUT2D eigenvalue weighted by atomic mass is 10.1. The minimum atomic E-state index is -0.577. The molecular weight excluding hydrogens is 236 g/mol. The van der Waals surface area contributed by atoms with E-state index in [1.54, 1.807) is 4.90 Å². The lowest BCUT2D eigenvalue weighted by molar-refractivity contribution is -0.384. The maximum absolute atomic E-state index is 12.1. The van der Waals surface area contributed by atoms with Gasteiger partial charge in [-0.25, -0.2) is 0 Å². The predicted octanol–water partition coefficient (Wildman–Crippen LogP) is 1.93. The number of nitro benzene ring substituents is 1. The molecule has 1 aromatic rings. The average Bonchev–Trinajstić information content (AvgIpc) is 2.39. The molecule has 0 spiro atoms. The van der Waals surface area contributed by atoms with Crippen LogP contribution in [0, 0.1) is 10.1 Å². The van der Waals surface area contributed by atoms with Crippen LogP contribution in [0.15, 0.2) is 18.2 Å². The minimum Gasteiger partial charge on any atom is -0.507 e. The highest BCUT2D eigenvalue weighted by atomic mass is 16.6. The van der Waals surface area contributed by atoms with Gasteiger partial charge in [-0.15, -0.1) is 0 Å². The number of hydrogen-bond acceptors (Lipinski definition) is 4. The molecule has 0 aliphatic carbocycles. The van der Waals surface area contributed by atoms with Crippen molar-refractivity contribution in [2.24, 2.45) is 0 Å². The smallest absolute Gasteiger partial charge is 0.270 e. The summed E-state index contributed by atoms with van der Waals surface area (Å²) in [6.07, 6.45) is 2.95. The summed E-state index contributed by atoms with van der Waals surface area (Å²) in [6.45, 7) is 1.28. The zero-order valence-corrected chi connectivity index (χ0v) is 9.83. The van der Waals surface area contributed by atoms with Gasteiger partial charge in [0.25, 0.3) is 11.6 Å². The van der Waals surface area contributed by atoms with Crippen molar-refractivity contribution in [3.63, 3.8) is 0 Å². The second-order valence-corrected chi connectivity index (χ2v) is 4.31. The Bertz CT molecular complexity index is 481. The molecule has 1 fully saturated rings. The van der Waals surface area contributed by atoms with Gasteiger partial charge in [-0.2, -0.15) is 0 Å². The maximum atomic E-state index is 12.1. The third kappa shape index (κ3) is 2.42. The molecule has 6 heteroatoms. The first-order chi connectivity index (χ1) is 8.59. The van der Waals surface area contributed by atoms with E-state index in [1.165, 1.54) is 12.1 Å². The van der Waals surface area contributed by atoms with Crippen molar-refractivity contribution in [3.05, 3.63) is 33.9 Å². The maximum Gasteiger partial charge on any atom is 0.270 e. The van der Waals surface area contributed by atoms with Crippen molar-refractivity contribution in [1.82, 2.24) is 4.90 Å². The van der Waals surface area contributed by atoms with Gasteiger partial charge in [0.2, 0.25) is 0 Å². The van der Waals surface area contributed by atoms with Crippen LogP contribution in [-0.4, -0.2) is 33.9 Å². The van der Waals surface area contributed by atoms with Crippen LogP contribution in [0.1, 0.15) is 29.6 Å². The van der Waals surface area contributed by atoms with E-state index in [0.29, 0.717) is 13.1 Å². The molecule has 0 atom stereocenters. The van der Waals surface area contributed by atoms with E-state index in [0.717, 1.165) is 25.3 Å². The number of hydrogen-bond donors (Lipinski definition) is 1. The van der Waals surface area contributed by atoms with Gasteiger partial charge in [0.15, 0.2) is 0 Å². The van der Waals surface area contributed by atoms with Gasteiger partial charge in [0, 0.05) is 25.2 Å². The van der Waals surface area contributed by atoms with E-state index in [-0.39, 0.29) is 22.9 Å². The number of likely N-dealkylation sites (tertiary alicyclic amines) is 1. The highest BCUT2D eigenvalue weighted by Crippen LogP contribution is 2.25. The third-order valence-electron chi connectivity index (χ3n) is 3.06. The third-order valence-corrected chi connectivity index (χ3v) is 3.06. The number of rotatable bonds is 2. The SMILES string of the molecule is O=C(c1cc([N+](=O)[O-])ccc1O)N1CCCCC1. The van der Waals surface area contributed by atoms with Crippen molar-refractivity contribution < 1.29 is 14.8 Å². The Morgan fingerprint density at radius 2 is 1.94 bits per heavy atom. The highest BCUT2D eigenvalue weighted by molar-refractivity contribution is 5.97. The van der Waals surface area contributed by atoms with Crippen molar-refractivity contribution in [3.8, 4) is 5.75 Å². The van der Waals surface area contributed by atoms with Crippen LogP contribution in [0.3, 0.4) is 0 Å². The van der Waals surface area contributed by atoms with E-state index >= 15 is 0 Å². The van der Waals surface area contributed by atoms with Crippen molar-refractivity contribution in [1.29, 1.82) is 0 Å². The second-order valence-electron chi connectivity index (χ2n) is 4.31. The fraction of sp³-hybridized carbons (Fsp3) is 0.417. The summed E-state index contributed by atoms with van der Waals surface area (Å²) in [5.41, 5.74) is -0.181. The number of phenols is 1. The minimum absolute atomic E-state index is 0.00565. The first kappa shape index (κ1) is 12.3. The van der Waals surface area contributed by atoms with Crippen LogP contribution >= 0.6 is 0 Å². The van der Waals surface area contributed by atoms with E-state index < -0.39 is 4.92 Å².